The van der Waals surface area contributed by atoms with Gasteiger partial charge in [0, 0.05) is 25.2 Å². The first-order valence-electron chi connectivity index (χ1n) is 9.38. The zero-order valence-electron chi connectivity index (χ0n) is 16.3. The van der Waals surface area contributed by atoms with Crippen LogP contribution in [-0.2, 0) is 11.2 Å². The minimum absolute atomic E-state index is 0.210. The lowest BCUT2D eigenvalue weighted by Gasteiger charge is -2.17. The maximum atomic E-state index is 12.5. The number of nitrogens with one attached hydrogen (secondary N) is 4. The van der Waals surface area contributed by atoms with Gasteiger partial charge in [-0.15, -0.1) is 0 Å². The molecule has 0 spiro atoms. The second-order valence-corrected chi connectivity index (χ2v) is 6.44. The highest BCUT2D eigenvalue weighted by molar-refractivity contribution is 5.97. The van der Waals surface area contributed by atoms with E-state index in [4.69, 9.17) is 5.21 Å². The van der Waals surface area contributed by atoms with Crippen molar-refractivity contribution in [1.29, 1.82) is 0 Å². The summed E-state index contributed by atoms with van der Waals surface area (Å²) in [6, 6.07) is 14.6. The van der Waals surface area contributed by atoms with Crippen molar-refractivity contribution in [3.8, 4) is 11.1 Å². The number of carbonyl (C=O) groups excluding carboxylic acids is 2. The fraction of sp³-hybridized carbons (Fsp3) is 0.333. The second-order valence-electron chi connectivity index (χ2n) is 6.44. The largest absolute Gasteiger partial charge is 0.339 e. The summed E-state index contributed by atoms with van der Waals surface area (Å²) in [7, 11) is 1.82. The molecule has 150 valence electrons. The molecule has 0 aliphatic rings. The summed E-state index contributed by atoms with van der Waals surface area (Å²) >= 11 is 0. The summed E-state index contributed by atoms with van der Waals surface area (Å²) in [6.07, 6.45) is 0.992. The Bertz CT molecular complexity index is 760. The number of aryl methyl sites for hydroxylation is 1. The Morgan fingerprint density at radius 1 is 0.964 bits per heavy atom. The molecule has 0 heterocycles. The zero-order valence-corrected chi connectivity index (χ0v) is 16.3. The molecule has 7 nitrogen and oxygen atoms in total. The highest BCUT2D eigenvalue weighted by Crippen LogP contribution is 2.20. The van der Waals surface area contributed by atoms with Gasteiger partial charge in [-0.2, -0.15) is 0 Å². The van der Waals surface area contributed by atoms with Crippen LogP contribution in [0.15, 0.2) is 48.5 Å². The minimum Gasteiger partial charge on any atom is -0.339 e. The molecular weight excluding hydrogens is 356 g/mol. The monoisotopic (exact) mass is 384 g/mol. The Morgan fingerprint density at radius 3 is 2.11 bits per heavy atom. The first kappa shape index (κ1) is 21.6. The highest BCUT2D eigenvalue weighted by atomic mass is 16.5. The van der Waals surface area contributed by atoms with Gasteiger partial charge in [0.15, 0.2) is 0 Å². The summed E-state index contributed by atoms with van der Waals surface area (Å²) < 4.78 is 0. The number of hydrogen-bond donors (Lipinski definition) is 5. The van der Waals surface area contributed by atoms with Crippen LogP contribution >= 0.6 is 0 Å². The summed E-state index contributed by atoms with van der Waals surface area (Å²) in [4.78, 5) is 24.3. The van der Waals surface area contributed by atoms with Crippen molar-refractivity contribution in [3.05, 3.63) is 59.7 Å². The molecule has 1 unspecified atom stereocenters. The third-order valence-corrected chi connectivity index (χ3v) is 4.47. The maximum absolute atomic E-state index is 12.5. The van der Waals surface area contributed by atoms with Gasteiger partial charge >= 0.3 is 0 Å². The van der Waals surface area contributed by atoms with Crippen molar-refractivity contribution in [2.45, 2.75) is 19.4 Å². The fourth-order valence-electron chi connectivity index (χ4n) is 2.74. The Kier molecular flexibility index (Phi) is 8.61. The summed E-state index contributed by atoms with van der Waals surface area (Å²) in [5, 5.41) is 17.6. The maximum Gasteiger partial charge on any atom is 0.267 e. The third-order valence-electron chi connectivity index (χ3n) is 4.47. The molecule has 0 radical (unpaired) electrons. The summed E-state index contributed by atoms with van der Waals surface area (Å²) in [5.74, 6) is -1.05. The van der Waals surface area contributed by atoms with Crippen LogP contribution in [0.4, 0.5) is 0 Å². The molecule has 0 aromatic heterocycles. The number of hydrogen-bond acceptors (Lipinski definition) is 5. The molecule has 28 heavy (non-hydrogen) atoms. The van der Waals surface area contributed by atoms with Crippen LogP contribution in [0.2, 0.25) is 0 Å². The predicted octanol–water partition coefficient (Wildman–Crippen LogP) is 1.33. The molecule has 5 N–H and O–H groups in total. The second kappa shape index (κ2) is 11.2. The van der Waals surface area contributed by atoms with Gasteiger partial charge in [-0.1, -0.05) is 43.3 Å². The molecule has 0 saturated carbocycles. The van der Waals surface area contributed by atoms with Gasteiger partial charge in [-0.25, -0.2) is 5.48 Å². The van der Waals surface area contributed by atoms with E-state index in [0.29, 0.717) is 12.1 Å². The van der Waals surface area contributed by atoms with Crippen molar-refractivity contribution in [2.24, 2.45) is 0 Å². The summed E-state index contributed by atoms with van der Waals surface area (Å²) in [6.45, 7) is 3.68. The van der Waals surface area contributed by atoms with E-state index in [-0.39, 0.29) is 12.5 Å². The van der Waals surface area contributed by atoms with Crippen LogP contribution < -0.4 is 21.4 Å². The molecule has 1 atom stereocenters. The first-order valence-corrected chi connectivity index (χ1v) is 9.38. The quantitative estimate of drug-likeness (QED) is 0.242. The normalized spacial score (nSPS) is 11.7. The molecule has 0 aliphatic carbocycles. The Balaban J connectivity index is 2.02. The van der Waals surface area contributed by atoms with Crippen molar-refractivity contribution in [3.63, 3.8) is 0 Å². The minimum atomic E-state index is -0.879. The molecular formula is C21H28N4O3. The molecule has 0 saturated heterocycles. The van der Waals surface area contributed by atoms with Crippen LogP contribution in [0.3, 0.4) is 0 Å². The van der Waals surface area contributed by atoms with Gasteiger partial charge in [0.2, 0.25) is 0 Å². The Hall–Kier alpha value is -2.74. The lowest BCUT2D eigenvalue weighted by Crippen LogP contribution is -2.51. The Labute approximate surface area is 165 Å². The smallest absolute Gasteiger partial charge is 0.267 e. The van der Waals surface area contributed by atoms with E-state index in [1.54, 1.807) is 17.6 Å². The molecule has 0 aliphatic heterocycles. The van der Waals surface area contributed by atoms with E-state index in [2.05, 4.69) is 47.1 Å². The number of carbonyl (C=O) groups is 2. The molecule has 2 amide bonds. The fourth-order valence-corrected chi connectivity index (χ4v) is 2.74. The van der Waals surface area contributed by atoms with Gasteiger partial charge in [0.25, 0.3) is 11.8 Å². The van der Waals surface area contributed by atoms with E-state index in [1.807, 2.05) is 19.2 Å². The molecule has 2 aromatic carbocycles. The van der Waals surface area contributed by atoms with Gasteiger partial charge in [-0.05, 0) is 42.3 Å². The van der Waals surface area contributed by atoms with E-state index in [1.165, 1.54) is 5.56 Å². The average Bonchev–Trinajstić information content (AvgIpc) is 2.75. The standard InChI is InChI=1S/C21H28N4O3/c1-3-15-4-6-16(7-5-15)17-8-10-18(11-9-17)20(26)24-19(21(27)25-28)14-23-13-12-22-2/h4-11,19,22-23,28H,3,12-14H2,1-2H3,(H,24,26)(H,25,27). The average molecular weight is 384 g/mol. The van der Waals surface area contributed by atoms with Crippen LogP contribution in [0.25, 0.3) is 11.1 Å². The third kappa shape index (κ3) is 6.16. The van der Waals surface area contributed by atoms with Crippen LogP contribution in [0, 0.1) is 0 Å². The predicted molar refractivity (Wildman–Crippen MR) is 109 cm³/mol. The first-order chi connectivity index (χ1) is 13.6. The van der Waals surface area contributed by atoms with Crippen molar-refractivity contribution in [2.75, 3.05) is 26.7 Å². The number of benzene rings is 2. The molecule has 2 rings (SSSR count). The molecule has 0 fully saturated rings. The molecule has 2 aromatic rings. The van der Waals surface area contributed by atoms with E-state index < -0.39 is 11.9 Å². The topological polar surface area (TPSA) is 102 Å². The zero-order chi connectivity index (χ0) is 20.4. The number of amides is 2. The van der Waals surface area contributed by atoms with Gasteiger partial charge in [0.1, 0.15) is 6.04 Å². The van der Waals surface area contributed by atoms with Crippen LogP contribution in [-0.4, -0.2) is 49.7 Å². The molecule has 0 bridgehead atoms. The number of rotatable bonds is 10. The highest BCUT2D eigenvalue weighted by Gasteiger charge is 2.20. The van der Waals surface area contributed by atoms with Crippen molar-refractivity contribution >= 4 is 11.8 Å². The lowest BCUT2D eigenvalue weighted by molar-refractivity contribution is -0.131. The van der Waals surface area contributed by atoms with Crippen molar-refractivity contribution < 1.29 is 14.8 Å². The molecule has 7 heteroatoms. The van der Waals surface area contributed by atoms with Crippen LogP contribution in [0.5, 0.6) is 0 Å². The Morgan fingerprint density at radius 2 is 1.57 bits per heavy atom. The van der Waals surface area contributed by atoms with E-state index >= 15 is 0 Å². The van der Waals surface area contributed by atoms with Crippen molar-refractivity contribution in [1.82, 2.24) is 21.4 Å². The van der Waals surface area contributed by atoms with Gasteiger partial charge in [0.05, 0.1) is 0 Å². The lowest BCUT2D eigenvalue weighted by atomic mass is 10.0. The SMILES string of the molecule is CCc1ccc(-c2ccc(C(=O)NC(CNCCNC)C(=O)NO)cc2)cc1. The van der Waals surface area contributed by atoms with Crippen LogP contribution in [0.1, 0.15) is 22.8 Å². The van der Waals surface area contributed by atoms with Gasteiger partial charge < -0.3 is 16.0 Å². The van der Waals surface area contributed by atoms with E-state index in [9.17, 15) is 9.59 Å². The van der Waals surface area contributed by atoms with E-state index in [0.717, 1.165) is 24.1 Å². The van der Waals surface area contributed by atoms with Gasteiger partial charge in [-0.3, -0.25) is 14.8 Å². The number of likely N-dealkylation sites (N-methyl/N-ethyl adjacent to an activating group) is 1. The number of hydroxylamine groups is 1. The summed E-state index contributed by atoms with van der Waals surface area (Å²) in [5.41, 5.74) is 5.40.